The number of rotatable bonds is 1. The van der Waals surface area contributed by atoms with Crippen molar-refractivity contribution in [2.75, 3.05) is 10.2 Å². The number of aromatic nitrogens is 2. The average molecular weight is 290 g/mol. The first kappa shape index (κ1) is 12.8. The van der Waals surface area contributed by atoms with Crippen molar-refractivity contribution >= 4 is 34.3 Å². The van der Waals surface area contributed by atoms with Crippen LogP contribution in [0.4, 0.5) is 17.3 Å². The van der Waals surface area contributed by atoms with E-state index in [0.29, 0.717) is 11.6 Å². The van der Waals surface area contributed by atoms with Crippen molar-refractivity contribution < 1.29 is 4.79 Å². The number of hydrogen-bond acceptors (Lipinski definition) is 4. The lowest BCUT2D eigenvalue weighted by molar-refractivity contribution is -0.118. The highest BCUT2D eigenvalue weighted by atomic mass is 16.2. The van der Waals surface area contributed by atoms with Crippen LogP contribution < -0.4 is 10.2 Å². The summed E-state index contributed by atoms with van der Waals surface area (Å²) in [5, 5.41) is 3.14. The number of nitrogens with one attached hydrogen (secondary N) is 1. The van der Waals surface area contributed by atoms with E-state index in [1.54, 1.807) is 4.90 Å². The number of carbonyl (C=O) groups excluding carboxylic acids is 1. The lowest BCUT2D eigenvalue weighted by Gasteiger charge is -2.32. The smallest absolute Gasteiger partial charge is 0.255 e. The fraction of sp³-hybridized carbons (Fsp3) is 0.118. The van der Waals surface area contributed by atoms with Crippen LogP contribution in [0, 0.1) is 0 Å². The molecule has 1 aliphatic heterocycles. The van der Waals surface area contributed by atoms with Crippen LogP contribution in [0.5, 0.6) is 0 Å². The van der Waals surface area contributed by atoms with E-state index in [2.05, 4.69) is 15.3 Å². The van der Waals surface area contributed by atoms with Crippen molar-refractivity contribution in [3.8, 4) is 0 Å². The summed E-state index contributed by atoms with van der Waals surface area (Å²) in [5.41, 5.74) is 2.38. The van der Waals surface area contributed by atoms with E-state index in [1.807, 2.05) is 61.5 Å². The Bertz CT molecular complexity index is 863. The van der Waals surface area contributed by atoms with Gasteiger partial charge in [0.1, 0.15) is 6.04 Å². The normalized spacial score (nSPS) is 17.2. The van der Waals surface area contributed by atoms with Gasteiger partial charge in [0.05, 0.1) is 16.7 Å². The van der Waals surface area contributed by atoms with E-state index in [1.165, 1.54) is 0 Å². The second kappa shape index (κ2) is 4.80. The predicted molar refractivity (Wildman–Crippen MR) is 86.2 cm³/mol. The van der Waals surface area contributed by atoms with Crippen LogP contribution in [0.3, 0.4) is 0 Å². The summed E-state index contributed by atoms with van der Waals surface area (Å²) >= 11 is 0. The number of amides is 1. The van der Waals surface area contributed by atoms with E-state index in [4.69, 9.17) is 0 Å². The molecule has 2 heterocycles. The molecule has 1 N–H and O–H groups in total. The molecule has 0 fully saturated rings. The minimum atomic E-state index is -0.344. The number of anilines is 3. The van der Waals surface area contributed by atoms with Crippen molar-refractivity contribution in [2.45, 2.75) is 13.0 Å². The average Bonchev–Trinajstić information content (AvgIpc) is 2.55. The Morgan fingerprint density at radius 1 is 0.955 bits per heavy atom. The first-order valence-corrected chi connectivity index (χ1v) is 7.16. The van der Waals surface area contributed by atoms with Gasteiger partial charge in [0.25, 0.3) is 5.91 Å². The summed E-state index contributed by atoms with van der Waals surface area (Å²) in [4.78, 5) is 23.5. The summed E-state index contributed by atoms with van der Waals surface area (Å²) in [6, 6.07) is 16.8. The third-order valence-corrected chi connectivity index (χ3v) is 3.72. The van der Waals surface area contributed by atoms with Crippen molar-refractivity contribution in [3.05, 3.63) is 54.6 Å². The monoisotopic (exact) mass is 290 g/mol. The molecule has 1 amide bonds. The molecule has 0 saturated carbocycles. The molecule has 5 nitrogen and oxygen atoms in total. The highest BCUT2D eigenvalue weighted by Crippen LogP contribution is 2.35. The summed E-state index contributed by atoms with van der Waals surface area (Å²) < 4.78 is 0. The summed E-state index contributed by atoms with van der Waals surface area (Å²) in [6.07, 6.45) is 0. The van der Waals surface area contributed by atoms with Crippen molar-refractivity contribution in [1.29, 1.82) is 0 Å². The Morgan fingerprint density at radius 2 is 1.59 bits per heavy atom. The van der Waals surface area contributed by atoms with Gasteiger partial charge in [0.15, 0.2) is 11.6 Å². The van der Waals surface area contributed by atoms with Gasteiger partial charge in [-0.1, -0.05) is 30.3 Å². The minimum Gasteiger partial charge on any atom is -0.355 e. The third-order valence-electron chi connectivity index (χ3n) is 3.72. The van der Waals surface area contributed by atoms with Crippen molar-refractivity contribution in [3.63, 3.8) is 0 Å². The second-order valence-electron chi connectivity index (χ2n) is 5.26. The lowest BCUT2D eigenvalue weighted by atomic mass is 10.2. The molecule has 5 heteroatoms. The Hall–Kier alpha value is -2.95. The Balaban J connectivity index is 1.96. The summed E-state index contributed by atoms with van der Waals surface area (Å²) in [6.45, 7) is 1.83. The number of para-hydroxylation sites is 3. The SMILES string of the molecule is C[C@H]1Nc2nc3ccccc3nc2N(c2ccccc2)C1=O. The van der Waals surface area contributed by atoms with Gasteiger partial charge in [-0.15, -0.1) is 0 Å². The molecule has 0 spiro atoms. The molecular formula is C17H14N4O. The molecule has 0 radical (unpaired) electrons. The first-order valence-electron chi connectivity index (χ1n) is 7.16. The van der Waals surface area contributed by atoms with Crippen LogP contribution in [0.1, 0.15) is 6.92 Å². The molecule has 0 saturated heterocycles. The number of hydrogen-bond donors (Lipinski definition) is 1. The van der Waals surface area contributed by atoms with E-state index in [-0.39, 0.29) is 11.9 Å². The minimum absolute atomic E-state index is 0.0386. The van der Waals surface area contributed by atoms with Crippen LogP contribution in [-0.4, -0.2) is 21.9 Å². The molecular weight excluding hydrogens is 276 g/mol. The van der Waals surface area contributed by atoms with Gasteiger partial charge in [-0.3, -0.25) is 9.69 Å². The number of carbonyl (C=O) groups is 1. The second-order valence-corrected chi connectivity index (χ2v) is 5.26. The zero-order valence-corrected chi connectivity index (χ0v) is 12.0. The Kier molecular flexibility index (Phi) is 2.79. The topological polar surface area (TPSA) is 58.1 Å². The van der Waals surface area contributed by atoms with Gasteiger partial charge in [-0.2, -0.15) is 0 Å². The fourth-order valence-corrected chi connectivity index (χ4v) is 2.63. The van der Waals surface area contributed by atoms with E-state index in [0.717, 1.165) is 16.7 Å². The van der Waals surface area contributed by atoms with Crippen LogP contribution in [0.2, 0.25) is 0 Å². The summed E-state index contributed by atoms with van der Waals surface area (Å²) in [7, 11) is 0. The van der Waals surface area contributed by atoms with Crippen LogP contribution >= 0.6 is 0 Å². The van der Waals surface area contributed by atoms with Gasteiger partial charge < -0.3 is 5.32 Å². The van der Waals surface area contributed by atoms with E-state index < -0.39 is 0 Å². The highest BCUT2D eigenvalue weighted by molar-refractivity contribution is 6.09. The van der Waals surface area contributed by atoms with Crippen LogP contribution in [0.15, 0.2) is 54.6 Å². The van der Waals surface area contributed by atoms with Crippen molar-refractivity contribution in [1.82, 2.24) is 9.97 Å². The number of nitrogens with zero attached hydrogens (tertiary/aromatic N) is 3. The number of fused-ring (bicyclic) bond motifs is 2. The molecule has 0 unspecified atom stereocenters. The van der Waals surface area contributed by atoms with Gasteiger partial charge in [0, 0.05) is 0 Å². The molecule has 4 rings (SSSR count). The maximum Gasteiger partial charge on any atom is 0.255 e. The third kappa shape index (κ3) is 1.90. The van der Waals surface area contributed by atoms with E-state index >= 15 is 0 Å². The van der Waals surface area contributed by atoms with Crippen LogP contribution in [-0.2, 0) is 4.79 Å². The van der Waals surface area contributed by atoms with Crippen LogP contribution in [0.25, 0.3) is 11.0 Å². The fourth-order valence-electron chi connectivity index (χ4n) is 2.63. The highest BCUT2D eigenvalue weighted by Gasteiger charge is 2.33. The molecule has 2 aromatic carbocycles. The Labute approximate surface area is 127 Å². The molecule has 108 valence electrons. The van der Waals surface area contributed by atoms with Gasteiger partial charge in [-0.25, -0.2) is 9.97 Å². The van der Waals surface area contributed by atoms with Gasteiger partial charge in [0.2, 0.25) is 0 Å². The maximum atomic E-state index is 12.6. The standard InChI is InChI=1S/C17H14N4O/c1-11-17(22)21(12-7-3-2-4-8-12)16-15(18-11)19-13-9-5-6-10-14(13)20-16/h2-11H,1H3,(H,18,19)/t11-/m1/s1. The zero-order valence-electron chi connectivity index (χ0n) is 12.0. The zero-order chi connectivity index (χ0) is 15.1. The number of benzene rings is 2. The first-order chi connectivity index (χ1) is 10.7. The molecule has 3 aromatic rings. The van der Waals surface area contributed by atoms with Gasteiger partial charge in [-0.05, 0) is 31.2 Å². The van der Waals surface area contributed by atoms with E-state index in [9.17, 15) is 4.79 Å². The largest absolute Gasteiger partial charge is 0.355 e. The molecule has 22 heavy (non-hydrogen) atoms. The maximum absolute atomic E-state index is 12.6. The summed E-state index contributed by atoms with van der Waals surface area (Å²) in [5.74, 6) is 1.14. The lowest BCUT2D eigenvalue weighted by Crippen LogP contribution is -2.44. The quantitative estimate of drug-likeness (QED) is 0.748. The molecule has 1 aromatic heterocycles. The molecule has 0 bridgehead atoms. The molecule has 1 aliphatic rings. The molecule has 0 aliphatic carbocycles. The van der Waals surface area contributed by atoms with Crippen molar-refractivity contribution in [2.24, 2.45) is 0 Å². The Morgan fingerprint density at radius 3 is 2.32 bits per heavy atom. The predicted octanol–water partition coefficient (Wildman–Crippen LogP) is 3.11. The van der Waals surface area contributed by atoms with Gasteiger partial charge >= 0.3 is 0 Å². The molecule has 1 atom stereocenters.